The summed E-state index contributed by atoms with van der Waals surface area (Å²) in [6, 6.07) is 9.00. The van der Waals surface area contributed by atoms with Crippen LogP contribution in [0.3, 0.4) is 0 Å². The van der Waals surface area contributed by atoms with E-state index in [1.54, 1.807) is 11.1 Å². The maximum Gasteiger partial charge on any atom is 0.104 e. The van der Waals surface area contributed by atoms with Crippen molar-refractivity contribution in [1.29, 1.82) is 0 Å². The van der Waals surface area contributed by atoms with E-state index in [2.05, 4.69) is 43.4 Å². The third-order valence-corrected chi connectivity index (χ3v) is 5.72. The number of aliphatic imine (C=N–C) groups is 1. The monoisotopic (exact) mass is 240 g/mol. The van der Waals surface area contributed by atoms with Gasteiger partial charge in [-0.25, -0.2) is 0 Å². The fourth-order valence-corrected chi connectivity index (χ4v) is 4.89. The van der Waals surface area contributed by atoms with Crippen LogP contribution in [0.2, 0.25) is 0 Å². The topological polar surface area (TPSA) is 24.4 Å². The van der Waals surface area contributed by atoms with Crippen molar-refractivity contribution in [3.63, 3.8) is 0 Å². The zero-order valence-corrected chi connectivity index (χ0v) is 11.2. The fourth-order valence-electron chi connectivity index (χ4n) is 4.89. The Kier molecular flexibility index (Phi) is 1.87. The normalized spacial score (nSPS) is 40.6. The number of hydrogen-bond acceptors (Lipinski definition) is 2. The minimum absolute atomic E-state index is 0.257. The highest BCUT2D eigenvalue weighted by Gasteiger charge is 2.68. The summed E-state index contributed by atoms with van der Waals surface area (Å²) < 4.78 is 0. The van der Waals surface area contributed by atoms with E-state index in [1.807, 2.05) is 0 Å². The van der Waals surface area contributed by atoms with Crippen LogP contribution in [-0.4, -0.2) is 18.9 Å². The third-order valence-electron chi connectivity index (χ3n) is 5.72. The van der Waals surface area contributed by atoms with Crippen LogP contribution in [0.15, 0.2) is 29.3 Å². The molecule has 2 nitrogen and oxygen atoms in total. The van der Waals surface area contributed by atoms with E-state index in [1.165, 1.54) is 18.7 Å². The number of benzene rings is 1. The first-order valence-electron chi connectivity index (χ1n) is 7.06. The van der Waals surface area contributed by atoms with E-state index in [0.29, 0.717) is 5.41 Å². The average molecular weight is 240 g/mol. The summed E-state index contributed by atoms with van der Waals surface area (Å²) in [7, 11) is 0. The number of nitrogens with zero attached hydrogens (tertiary/aromatic N) is 1. The highest BCUT2D eigenvalue weighted by atomic mass is 15.1. The van der Waals surface area contributed by atoms with Crippen LogP contribution in [0.4, 0.5) is 0 Å². The molecule has 1 heterocycles. The molecule has 0 unspecified atom stereocenters. The van der Waals surface area contributed by atoms with Crippen molar-refractivity contribution in [3.8, 4) is 0 Å². The Morgan fingerprint density at radius 1 is 1.33 bits per heavy atom. The zero-order chi connectivity index (χ0) is 12.4. The van der Waals surface area contributed by atoms with Crippen LogP contribution in [0.5, 0.6) is 0 Å². The lowest BCUT2D eigenvalue weighted by atomic mass is 9.44. The van der Waals surface area contributed by atoms with E-state index < -0.39 is 0 Å². The molecule has 94 valence electrons. The summed E-state index contributed by atoms with van der Waals surface area (Å²) in [5, 5.41) is 3.56. The van der Waals surface area contributed by atoms with Gasteiger partial charge in [0.1, 0.15) is 5.84 Å². The van der Waals surface area contributed by atoms with Crippen LogP contribution in [0.1, 0.15) is 31.4 Å². The van der Waals surface area contributed by atoms with Crippen molar-refractivity contribution in [1.82, 2.24) is 5.32 Å². The number of rotatable bonds is 1. The maximum atomic E-state index is 4.78. The Morgan fingerprint density at radius 2 is 2.17 bits per heavy atom. The molecule has 0 spiro atoms. The SMILES string of the molecule is C[C@H]1C[C@]2(C)c3ccccc3C[C@]12C1=NCCN1. The summed E-state index contributed by atoms with van der Waals surface area (Å²) in [4.78, 5) is 4.78. The molecule has 1 aromatic rings. The predicted octanol–water partition coefficient (Wildman–Crippen LogP) is 2.53. The summed E-state index contributed by atoms with van der Waals surface area (Å²) in [5.74, 6) is 2.03. The van der Waals surface area contributed by atoms with E-state index in [4.69, 9.17) is 4.99 Å². The second kappa shape index (κ2) is 3.17. The molecule has 0 radical (unpaired) electrons. The van der Waals surface area contributed by atoms with Gasteiger partial charge in [-0.05, 0) is 29.9 Å². The lowest BCUT2D eigenvalue weighted by molar-refractivity contribution is 0.0144. The van der Waals surface area contributed by atoms with Gasteiger partial charge in [0.2, 0.25) is 0 Å². The summed E-state index contributed by atoms with van der Waals surface area (Å²) >= 11 is 0. The lowest BCUT2D eigenvalue weighted by Gasteiger charge is -2.59. The second-order valence-electron chi connectivity index (χ2n) is 6.40. The first-order chi connectivity index (χ1) is 8.68. The smallest absolute Gasteiger partial charge is 0.104 e. The minimum Gasteiger partial charge on any atom is -0.371 e. The molecule has 1 N–H and O–H groups in total. The Bertz CT molecular complexity index is 548. The van der Waals surface area contributed by atoms with Gasteiger partial charge in [0.05, 0.1) is 6.54 Å². The second-order valence-corrected chi connectivity index (χ2v) is 6.40. The van der Waals surface area contributed by atoms with Crippen molar-refractivity contribution in [3.05, 3.63) is 35.4 Å². The van der Waals surface area contributed by atoms with Gasteiger partial charge in [0.15, 0.2) is 0 Å². The lowest BCUT2D eigenvalue weighted by Crippen LogP contribution is -2.63. The van der Waals surface area contributed by atoms with Gasteiger partial charge in [-0.1, -0.05) is 38.1 Å². The van der Waals surface area contributed by atoms with Crippen molar-refractivity contribution < 1.29 is 0 Å². The van der Waals surface area contributed by atoms with Crippen molar-refractivity contribution in [2.45, 2.75) is 32.1 Å². The molecule has 0 saturated heterocycles. The van der Waals surface area contributed by atoms with Gasteiger partial charge >= 0.3 is 0 Å². The Hall–Kier alpha value is -1.31. The van der Waals surface area contributed by atoms with E-state index in [-0.39, 0.29) is 5.41 Å². The van der Waals surface area contributed by atoms with Gasteiger partial charge in [-0.2, -0.15) is 0 Å². The molecule has 1 saturated carbocycles. The van der Waals surface area contributed by atoms with Crippen molar-refractivity contribution in [2.24, 2.45) is 16.3 Å². The van der Waals surface area contributed by atoms with Crippen LogP contribution in [0.25, 0.3) is 0 Å². The summed E-state index contributed by atoms with van der Waals surface area (Å²) in [6.45, 7) is 6.82. The Morgan fingerprint density at radius 3 is 2.89 bits per heavy atom. The van der Waals surface area contributed by atoms with Crippen LogP contribution in [-0.2, 0) is 11.8 Å². The van der Waals surface area contributed by atoms with Gasteiger partial charge in [-0.15, -0.1) is 0 Å². The van der Waals surface area contributed by atoms with Gasteiger partial charge < -0.3 is 5.32 Å². The fraction of sp³-hybridized carbons (Fsp3) is 0.562. The Labute approximate surface area is 109 Å². The molecule has 0 bridgehead atoms. The van der Waals surface area contributed by atoms with Gasteiger partial charge in [0, 0.05) is 17.4 Å². The molecule has 1 aromatic carbocycles. The molecule has 4 rings (SSSR count). The number of amidine groups is 1. The van der Waals surface area contributed by atoms with E-state index in [0.717, 1.165) is 19.0 Å². The molecule has 0 amide bonds. The average Bonchev–Trinajstić information content (AvgIpc) is 2.94. The van der Waals surface area contributed by atoms with Gasteiger partial charge in [0.25, 0.3) is 0 Å². The molecule has 2 aliphatic carbocycles. The molecule has 0 aromatic heterocycles. The minimum atomic E-state index is 0.257. The van der Waals surface area contributed by atoms with E-state index >= 15 is 0 Å². The predicted molar refractivity (Wildman–Crippen MR) is 74.0 cm³/mol. The zero-order valence-electron chi connectivity index (χ0n) is 11.2. The molecule has 1 aliphatic heterocycles. The highest BCUT2D eigenvalue weighted by molar-refractivity contribution is 5.94. The van der Waals surface area contributed by atoms with E-state index in [9.17, 15) is 0 Å². The molecular weight excluding hydrogens is 220 g/mol. The van der Waals surface area contributed by atoms with Gasteiger partial charge in [-0.3, -0.25) is 4.99 Å². The van der Waals surface area contributed by atoms with Crippen LogP contribution in [0, 0.1) is 11.3 Å². The van der Waals surface area contributed by atoms with Crippen molar-refractivity contribution >= 4 is 5.84 Å². The molecule has 3 atom stereocenters. The Balaban J connectivity index is 1.89. The first kappa shape index (κ1) is 10.6. The number of hydrogen-bond donors (Lipinski definition) is 1. The quantitative estimate of drug-likeness (QED) is 0.801. The first-order valence-corrected chi connectivity index (χ1v) is 7.06. The molecule has 18 heavy (non-hydrogen) atoms. The number of fused-ring (bicyclic) bond motifs is 3. The van der Waals surface area contributed by atoms with Crippen LogP contribution < -0.4 is 5.32 Å². The summed E-state index contributed by atoms with van der Waals surface area (Å²) in [6.07, 6.45) is 2.47. The number of nitrogens with one attached hydrogen (secondary N) is 1. The molecule has 3 aliphatic rings. The maximum absolute atomic E-state index is 4.78. The standard InChI is InChI=1S/C16H20N2/c1-11-9-15(2)13-6-4-3-5-12(13)10-16(11,15)14-17-7-8-18-14/h3-6,11H,7-10H2,1-2H3,(H,17,18)/t11-,15+,16+/m0/s1. The molecule has 2 heteroatoms. The van der Waals surface area contributed by atoms with Crippen LogP contribution >= 0.6 is 0 Å². The largest absolute Gasteiger partial charge is 0.371 e. The third kappa shape index (κ3) is 0.955. The van der Waals surface area contributed by atoms with Crippen molar-refractivity contribution in [2.75, 3.05) is 13.1 Å². The molecular formula is C16H20N2. The molecule has 1 fully saturated rings. The highest BCUT2D eigenvalue weighted by Crippen LogP contribution is 2.68. The summed E-state index contributed by atoms with van der Waals surface area (Å²) in [5.41, 5.74) is 3.67.